The van der Waals surface area contributed by atoms with Crippen molar-refractivity contribution in [3.8, 4) is 5.75 Å². The van der Waals surface area contributed by atoms with Gasteiger partial charge in [-0.05, 0) is 31.4 Å². The lowest BCUT2D eigenvalue weighted by Crippen LogP contribution is -2.50. The van der Waals surface area contributed by atoms with E-state index < -0.39 is 0 Å². The minimum absolute atomic E-state index is 0.0825. The minimum atomic E-state index is 0.0825. The van der Waals surface area contributed by atoms with Crippen molar-refractivity contribution in [1.82, 2.24) is 4.90 Å². The molecule has 102 valence electrons. The topological polar surface area (TPSA) is 38.8 Å². The lowest BCUT2D eigenvalue weighted by atomic mass is 10.2. The number of benzene rings is 1. The number of hydrogen-bond donors (Lipinski definition) is 0. The molecule has 2 unspecified atom stereocenters. The van der Waals surface area contributed by atoms with Crippen molar-refractivity contribution >= 4 is 5.91 Å². The Bertz CT molecular complexity index is 458. The third kappa shape index (κ3) is 2.45. The van der Waals surface area contributed by atoms with Crippen molar-refractivity contribution in [2.24, 2.45) is 0 Å². The molecule has 2 heterocycles. The zero-order valence-corrected chi connectivity index (χ0v) is 11.2. The van der Waals surface area contributed by atoms with Crippen LogP contribution in [0.5, 0.6) is 5.75 Å². The number of nitrogens with zero attached hydrogens (tertiary/aromatic N) is 1. The highest BCUT2D eigenvalue weighted by Crippen LogP contribution is 2.29. The summed E-state index contributed by atoms with van der Waals surface area (Å²) >= 11 is 0. The second-order valence-corrected chi connectivity index (χ2v) is 5.28. The number of fused-ring (bicyclic) bond motifs is 2. The molecule has 4 heteroatoms. The van der Waals surface area contributed by atoms with Crippen LogP contribution in [0.4, 0.5) is 0 Å². The van der Waals surface area contributed by atoms with E-state index in [0.29, 0.717) is 13.2 Å². The molecule has 0 N–H and O–H groups in total. The quantitative estimate of drug-likeness (QED) is 0.832. The van der Waals surface area contributed by atoms with Gasteiger partial charge >= 0.3 is 0 Å². The van der Waals surface area contributed by atoms with Crippen molar-refractivity contribution in [2.45, 2.75) is 31.8 Å². The average molecular weight is 261 g/mol. The van der Waals surface area contributed by atoms with Gasteiger partial charge < -0.3 is 14.4 Å². The van der Waals surface area contributed by atoms with E-state index in [-0.39, 0.29) is 24.6 Å². The van der Waals surface area contributed by atoms with Crippen LogP contribution in [-0.4, -0.2) is 42.7 Å². The molecule has 2 aliphatic rings. The number of hydrogen-bond acceptors (Lipinski definition) is 3. The maximum absolute atomic E-state index is 12.3. The maximum atomic E-state index is 12.3. The Balaban J connectivity index is 1.62. The fraction of sp³-hybridized carbons (Fsp3) is 0.533. The number of morpholine rings is 1. The molecule has 3 rings (SSSR count). The number of carbonyl (C=O) groups is 1. The first kappa shape index (κ1) is 12.5. The molecule has 4 nitrogen and oxygen atoms in total. The largest absolute Gasteiger partial charge is 0.484 e. The summed E-state index contributed by atoms with van der Waals surface area (Å²) in [6, 6.07) is 8.28. The Kier molecular flexibility index (Phi) is 3.42. The number of para-hydroxylation sites is 1. The van der Waals surface area contributed by atoms with E-state index in [4.69, 9.17) is 9.47 Å². The number of aryl methyl sites for hydroxylation is 1. The van der Waals surface area contributed by atoms with E-state index in [9.17, 15) is 4.79 Å². The Hall–Kier alpha value is -1.55. The van der Waals surface area contributed by atoms with Gasteiger partial charge in [0, 0.05) is 0 Å². The van der Waals surface area contributed by atoms with E-state index in [2.05, 4.69) is 0 Å². The molecule has 2 fully saturated rings. The Morgan fingerprint density at radius 1 is 1.32 bits per heavy atom. The van der Waals surface area contributed by atoms with Gasteiger partial charge in [0.25, 0.3) is 5.91 Å². The fourth-order valence-electron chi connectivity index (χ4n) is 2.97. The predicted octanol–water partition coefficient (Wildman–Crippen LogP) is 1.76. The lowest BCUT2D eigenvalue weighted by molar-refractivity contribution is -0.143. The van der Waals surface area contributed by atoms with Crippen molar-refractivity contribution in [3.63, 3.8) is 0 Å². The molecule has 0 saturated carbocycles. The van der Waals surface area contributed by atoms with Gasteiger partial charge in [0.15, 0.2) is 6.61 Å². The molecule has 19 heavy (non-hydrogen) atoms. The molecule has 0 aromatic heterocycles. The smallest absolute Gasteiger partial charge is 0.261 e. The van der Waals surface area contributed by atoms with Gasteiger partial charge in [-0.25, -0.2) is 0 Å². The monoisotopic (exact) mass is 261 g/mol. The van der Waals surface area contributed by atoms with Gasteiger partial charge in [-0.3, -0.25) is 4.79 Å². The number of carbonyl (C=O) groups excluding carboxylic acids is 1. The number of rotatable bonds is 3. The first-order valence-electron chi connectivity index (χ1n) is 6.83. The van der Waals surface area contributed by atoms with Crippen LogP contribution in [0.15, 0.2) is 24.3 Å². The zero-order valence-electron chi connectivity index (χ0n) is 11.2. The van der Waals surface area contributed by atoms with Gasteiger partial charge in [0.2, 0.25) is 0 Å². The van der Waals surface area contributed by atoms with Gasteiger partial charge in [-0.15, -0.1) is 0 Å². The standard InChI is InChI=1S/C15H19NO3/c1-11-4-2-3-5-14(11)19-10-15(17)16-12-6-7-13(16)9-18-8-12/h2-5,12-13H,6-10H2,1H3. The first-order valence-corrected chi connectivity index (χ1v) is 6.83. The summed E-state index contributed by atoms with van der Waals surface area (Å²) < 4.78 is 11.1. The van der Waals surface area contributed by atoms with Crippen LogP contribution in [0.2, 0.25) is 0 Å². The second-order valence-electron chi connectivity index (χ2n) is 5.28. The molecule has 0 radical (unpaired) electrons. The first-order chi connectivity index (χ1) is 9.25. The summed E-state index contributed by atoms with van der Waals surface area (Å²) in [7, 11) is 0. The Morgan fingerprint density at radius 2 is 2.00 bits per heavy atom. The number of ether oxygens (including phenoxy) is 2. The summed E-state index contributed by atoms with van der Waals surface area (Å²) in [6.07, 6.45) is 2.11. The zero-order chi connectivity index (χ0) is 13.2. The van der Waals surface area contributed by atoms with Crippen LogP contribution >= 0.6 is 0 Å². The van der Waals surface area contributed by atoms with Gasteiger partial charge in [0.1, 0.15) is 5.75 Å². The predicted molar refractivity (Wildman–Crippen MR) is 71.1 cm³/mol. The molecular weight excluding hydrogens is 242 g/mol. The van der Waals surface area contributed by atoms with Gasteiger partial charge in [0.05, 0.1) is 25.3 Å². The third-order valence-electron chi connectivity index (χ3n) is 3.97. The highest BCUT2D eigenvalue weighted by Gasteiger charge is 2.40. The molecule has 2 saturated heterocycles. The molecule has 2 atom stereocenters. The summed E-state index contributed by atoms with van der Waals surface area (Å²) in [5.74, 6) is 0.871. The van der Waals surface area contributed by atoms with Crippen LogP contribution in [-0.2, 0) is 9.53 Å². The van der Waals surface area contributed by atoms with Crippen LogP contribution in [0.3, 0.4) is 0 Å². The fourth-order valence-corrected chi connectivity index (χ4v) is 2.97. The third-order valence-corrected chi connectivity index (χ3v) is 3.97. The van der Waals surface area contributed by atoms with Crippen LogP contribution in [0.25, 0.3) is 0 Å². The number of amides is 1. The Labute approximate surface area is 113 Å². The molecule has 0 aliphatic carbocycles. The normalized spacial score (nSPS) is 25.4. The van der Waals surface area contributed by atoms with Crippen LogP contribution in [0, 0.1) is 6.92 Å². The van der Waals surface area contributed by atoms with E-state index >= 15 is 0 Å². The SMILES string of the molecule is Cc1ccccc1OCC(=O)N1C2CCC1COC2. The summed E-state index contributed by atoms with van der Waals surface area (Å²) in [5.41, 5.74) is 1.06. The highest BCUT2D eigenvalue weighted by molar-refractivity contribution is 5.79. The molecule has 2 bridgehead atoms. The summed E-state index contributed by atoms with van der Waals surface area (Å²) in [4.78, 5) is 14.3. The van der Waals surface area contributed by atoms with Crippen molar-refractivity contribution in [2.75, 3.05) is 19.8 Å². The van der Waals surface area contributed by atoms with E-state index in [1.54, 1.807) is 0 Å². The maximum Gasteiger partial charge on any atom is 0.261 e. The van der Waals surface area contributed by atoms with Crippen molar-refractivity contribution in [3.05, 3.63) is 29.8 Å². The second kappa shape index (κ2) is 5.21. The van der Waals surface area contributed by atoms with Crippen molar-refractivity contribution in [1.29, 1.82) is 0 Å². The molecular formula is C15H19NO3. The van der Waals surface area contributed by atoms with Crippen molar-refractivity contribution < 1.29 is 14.3 Å². The highest BCUT2D eigenvalue weighted by atomic mass is 16.5. The van der Waals surface area contributed by atoms with E-state index in [1.807, 2.05) is 36.1 Å². The van der Waals surface area contributed by atoms with E-state index in [1.165, 1.54) is 0 Å². The Morgan fingerprint density at radius 3 is 2.68 bits per heavy atom. The molecule has 0 spiro atoms. The van der Waals surface area contributed by atoms with Crippen LogP contribution < -0.4 is 4.74 Å². The van der Waals surface area contributed by atoms with Crippen LogP contribution in [0.1, 0.15) is 18.4 Å². The molecule has 2 aliphatic heterocycles. The summed E-state index contributed by atoms with van der Waals surface area (Å²) in [6.45, 7) is 3.45. The summed E-state index contributed by atoms with van der Waals surface area (Å²) in [5, 5.41) is 0. The average Bonchev–Trinajstić information content (AvgIpc) is 2.67. The van der Waals surface area contributed by atoms with E-state index in [0.717, 1.165) is 24.2 Å². The molecule has 1 amide bonds. The lowest BCUT2D eigenvalue weighted by Gasteiger charge is -2.34. The van der Waals surface area contributed by atoms with Gasteiger partial charge in [-0.1, -0.05) is 18.2 Å². The molecule has 1 aromatic rings. The van der Waals surface area contributed by atoms with Gasteiger partial charge in [-0.2, -0.15) is 0 Å². The molecule has 1 aromatic carbocycles. The minimum Gasteiger partial charge on any atom is -0.484 e.